The summed E-state index contributed by atoms with van der Waals surface area (Å²) in [4.78, 5) is 4.27. The molecule has 0 amide bonds. The number of aromatic nitrogens is 2. The molecule has 2 aromatic heterocycles. The number of pyridine rings is 2. The molecule has 0 aromatic carbocycles. The fraction of sp³-hybridized carbons (Fsp3) is 0.267. The molecule has 2 aromatic rings. The first-order valence-electron chi connectivity index (χ1n) is 6.03. The lowest BCUT2D eigenvalue weighted by Crippen LogP contribution is -2.30. The monoisotopic (exact) mass is 253 g/mol. The topological polar surface area (TPSA) is 63.6 Å². The maximum atomic E-state index is 11.8. The van der Waals surface area contributed by atoms with Crippen LogP contribution in [0.15, 0.2) is 18.3 Å². The van der Waals surface area contributed by atoms with Crippen molar-refractivity contribution in [2.75, 3.05) is 0 Å². The number of hydrogen-bond acceptors (Lipinski definition) is 3. The second kappa shape index (κ2) is 4.69. The van der Waals surface area contributed by atoms with Crippen LogP contribution in [-0.4, -0.2) is 4.98 Å². The van der Waals surface area contributed by atoms with Gasteiger partial charge < -0.3 is 5.21 Å². The Morgan fingerprint density at radius 1 is 1.16 bits per heavy atom. The predicted octanol–water partition coefficient (Wildman–Crippen LogP) is 2.49. The van der Waals surface area contributed by atoms with Gasteiger partial charge in [0, 0.05) is 24.2 Å². The van der Waals surface area contributed by atoms with Crippen molar-refractivity contribution in [2.24, 2.45) is 0 Å². The molecule has 0 fully saturated rings. The van der Waals surface area contributed by atoms with Gasteiger partial charge in [-0.2, -0.15) is 9.99 Å². The Kier molecular flexibility index (Phi) is 3.22. The van der Waals surface area contributed by atoms with Crippen LogP contribution in [0.3, 0.4) is 0 Å². The Morgan fingerprint density at radius 3 is 2.47 bits per heavy atom. The van der Waals surface area contributed by atoms with E-state index in [0.717, 1.165) is 32.7 Å². The molecule has 0 bridgehead atoms. The molecular weight excluding hydrogens is 238 g/mol. The van der Waals surface area contributed by atoms with E-state index >= 15 is 0 Å². The van der Waals surface area contributed by atoms with E-state index in [1.807, 2.05) is 26.8 Å². The highest BCUT2D eigenvalue weighted by Gasteiger charge is 2.19. The van der Waals surface area contributed by atoms with E-state index < -0.39 is 0 Å². The molecule has 4 heteroatoms. The summed E-state index contributed by atoms with van der Waals surface area (Å²) >= 11 is 0. The van der Waals surface area contributed by atoms with Gasteiger partial charge in [0.25, 0.3) is 0 Å². The minimum absolute atomic E-state index is 0.370. The van der Waals surface area contributed by atoms with Gasteiger partial charge in [-0.1, -0.05) is 0 Å². The average Bonchev–Trinajstić information content (AvgIpc) is 2.36. The smallest absolute Gasteiger partial charge is 0.197 e. The fourth-order valence-electron chi connectivity index (χ4n) is 2.38. The number of aryl methyl sites for hydroxylation is 3. The van der Waals surface area contributed by atoms with E-state index in [-0.39, 0.29) is 0 Å². The molecule has 19 heavy (non-hydrogen) atoms. The van der Waals surface area contributed by atoms with Crippen LogP contribution in [0.1, 0.15) is 28.2 Å². The number of hydrogen-bond donors (Lipinski definition) is 0. The largest absolute Gasteiger partial charge is 0.618 e. The van der Waals surface area contributed by atoms with E-state index in [4.69, 9.17) is 0 Å². The molecule has 0 radical (unpaired) electrons. The first-order valence-corrected chi connectivity index (χ1v) is 6.03. The second-order valence-electron chi connectivity index (χ2n) is 4.70. The maximum Gasteiger partial charge on any atom is 0.197 e. The van der Waals surface area contributed by atoms with Crippen LogP contribution in [0.25, 0.3) is 11.1 Å². The molecule has 0 spiro atoms. The molecule has 0 aliphatic carbocycles. The van der Waals surface area contributed by atoms with Crippen LogP contribution < -0.4 is 4.73 Å². The Hall–Kier alpha value is -2.41. The fourth-order valence-corrected chi connectivity index (χ4v) is 2.38. The molecule has 2 rings (SSSR count). The van der Waals surface area contributed by atoms with Crippen molar-refractivity contribution in [3.63, 3.8) is 0 Å². The van der Waals surface area contributed by atoms with Crippen molar-refractivity contribution in [1.82, 2.24) is 4.98 Å². The van der Waals surface area contributed by atoms with E-state index in [1.165, 1.54) is 6.20 Å². The summed E-state index contributed by atoms with van der Waals surface area (Å²) in [5.74, 6) is 0. The standard InChI is InChI=1S/C15H15N3O/c1-9-5-6-18(19)12(4)14(9)15-10(2)7-11(3)17-13(15)8-16/h5-7H,1-4H3. The zero-order valence-corrected chi connectivity index (χ0v) is 11.5. The number of nitrogens with zero attached hydrogens (tertiary/aromatic N) is 3. The summed E-state index contributed by atoms with van der Waals surface area (Å²) in [5, 5.41) is 21.0. The van der Waals surface area contributed by atoms with Gasteiger partial charge in [0.1, 0.15) is 11.8 Å². The van der Waals surface area contributed by atoms with Crippen LogP contribution in [0.2, 0.25) is 0 Å². The molecule has 0 unspecified atom stereocenters. The quantitative estimate of drug-likeness (QED) is 0.579. The lowest BCUT2D eigenvalue weighted by atomic mass is 9.94. The van der Waals surface area contributed by atoms with Gasteiger partial charge in [0.2, 0.25) is 0 Å². The van der Waals surface area contributed by atoms with Crippen molar-refractivity contribution in [3.05, 3.63) is 51.7 Å². The second-order valence-corrected chi connectivity index (χ2v) is 4.70. The number of nitriles is 1. The molecule has 4 nitrogen and oxygen atoms in total. The first-order chi connectivity index (χ1) is 8.95. The average molecular weight is 253 g/mol. The Morgan fingerprint density at radius 2 is 1.84 bits per heavy atom. The highest BCUT2D eigenvalue weighted by Crippen LogP contribution is 2.30. The molecular formula is C15H15N3O. The molecule has 0 atom stereocenters. The summed E-state index contributed by atoms with van der Waals surface area (Å²) in [6, 6.07) is 5.81. The van der Waals surface area contributed by atoms with Gasteiger partial charge in [-0.25, -0.2) is 4.98 Å². The molecule has 0 aliphatic rings. The van der Waals surface area contributed by atoms with Crippen molar-refractivity contribution >= 4 is 0 Å². The molecule has 96 valence electrons. The van der Waals surface area contributed by atoms with Gasteiger partial charge in [0.05, 0.1) is 5.56 Å². The lowest BCUT2D eigenvalue weighted by molar-refractivity contribution is -0.611. The molecule has 0 aliphatic heterocycles. The third kappa shape index (κ3) is 2.15. The Balaban J connectivity index is 2.88. The summed E-state index contributed by atoms with van der Waals surface area (Å²) in [7, 11) is 0. The predicted molar refractivity (Wildman–Crippen MR) is 72.3 cm³/mol. The summed E-state index contributed by atoms with van der Waals surface area (Å²) in [5.41, 5.74) is 5.25. The molecule has 2 heterocycles. The number of rotatable bonds is 1. The van der Waals surface area contributed by atoms with Gasteiger partial charge in [-0.15, -0.1) is 0 Å². The van der Waals surface area contributed by atoms with E-state index in [2.05, 4.69) is 11.1 Å². The summed E-state index contributed by atoms with van der Waals surface area (Å²) in [6.07, 6.45) is 1.48. The van der Waals surface area contributed by atoms with Crippen molar-refractivity contribution in [2.45, 2.75) is 27.7 Å². The van der Waals surface area contributed by atoms with E-state index in [9.17, 15) is 10.5 Å². The summed E-state index contributed by atoms with van der Waals surface area (Å²) < 4.78 is 0.822. The van der Waals surface area contributed by atoms with Crippen molar-refractivity contribution < 1.29 is 4.73 Å². The lowest BCUT2D eigenvalue weighted by Gasteiger charge is -2.13. The molecule has 0 N–H and O–H groups in total. The SMILES string of the molecule is Cc1cc(C)c(-c2c(C)cc[n+]([O-])c2C)c(C#N)n1. The van der Waals surface area contributed by atoms with Gasteiger partial charge >= 0.3 is 0 Å². The maximum absolute atomic E-state index is 11.8. The molecule has 0 saturated heterocycles. The van der Waals surface area contributed by atoms with Crippen LogP contribution in [0.5, 0.6) is 0 Å². The van der Waals surface area contributed by atoms with Gasteiger partial charge in [-0.3, -0.25) is 0 Å². The third-order valence-corrected chi connectivity index (χ3v) is 3.25. The Bertz CT molecular complexity index is 700. The highest BCUT2D eigenvalue weighted by molar-refractivity contribution is 5.75. The van der Waals surface area contributed by atoms with Crippen LogP contribution in [0, 0.1) is 44.2 Å². The minimum Gasteiger partial charge on any atom is -0.618 e. The minimum atomic E-state index is 0.370. The highest BCUT2D eigenvalue weighted by atomic mass is 16.5. The van der Waals surface area contributed by atoms with E-state index in [1.54, 1.807) is 13.0 Å². The van der Waals surface area contributed by atoms with Crippen LogP contribution >= 0.6 is 0 Å². The Labute approximate surface area is 112 Å². The van der Waals surface area contributed by atoms with Crippen molar-refractivity contribution in [3.8, 4) is 17.2 Å². The normalized spacial score (nSPS) is 10.3. The summed E-state index contributed by atoms with van der Waals surface area (Å²) in [6.45, 7) is 7.49. The van der Waals surface area contributed by atoms with Gasteiger partial charge in [0.15, 0.2) is 11.9 Å². The van der Waals surface area contributed by atoms with Gasteiger partial charge in [-0.05, 0) is 38.0 Å². The zero-order chi connectivity index (χ0) is 14.2. The first kappa shape index (κ1) is 13.0. The zero-order valence-electron chi connectivity index (χ0n) is 11.5. The van der Waals surface area contributed by atoms with Crippen molar-refractivity contribution in [1.29, 1.82) is 5.26 Å². The van der Waals surface area contributed by atoms with Crippen LogP contribution in [0.4, 0.5) is 0 Å². The molecule has 0 saturated carbocycles. The third-order valence-electron chi connectivity index (χ3n) is 3.25. The van der Waals surface area contributed by atoms with E-state index in [0.29, 0.717) is 11.4 Å². The van der Waals surface area contributed by atoms with Crippen LogP contribution in [-0.2, 0) is 0 Å².